The van der Waals surface area contributed by atoms with E-state index in [1.165, 1.54) is 5.57 Å². The number of carboxylic acid groups (broad SMARTS) is 1. The van der Waals surface area contributed by atoms with Crippen molar-refractivity contribution in [2.75, 3.05) is 42.0 Å². The van der Waals surface area contributed by atoms with Crippen LogP contribution in [0.1, 0.15) is 121 Å². The Bertz CT molecular complexity index is 2050. The summed E-state index contributed by atoms with van der Waals surface area (Å²) in [6, 6.07) is 19.0. The predicted molar refractivity (Wildman–Crippen MR) is 324 cm³/mol. The molecule has 0 spiro atoms. The summed E-state index contributed by atoms with van der Waals surface area (Å²) in [6.07, 6.45) is 12.0. The van der Waals surface area contributed by atoms with Crippen LogP contribution in [0.4, 0.5) is 0 Å². The monoisotopic (exact) mass is 1120 g/mol. The molecule has 0 unspecified atom stereocenters. The molecule has 2 aromatic carbocycles. The molecule has 0 radical (unpaired) electrons. The van der Waals surface area contributed by atoms with Gasteiger partial charge in [0.15, 0.2) is 16.6 Å². The number of ether oxygens (including phenoxy) is 8. The van der Waals surface area contributed by atoms with Crippen molar-refractivity contribution < 1.29 is 56.6 Å². The molecule has 0 aromatic heterocycles. The van der Waals surface area contributed by atoms with Gasteiger partial charge in [-0.3, -0.25) is 4.79 Å². The zero-order valence-electron chi connectivity index (χ0n) is 52.1. The van der Waals surface area contributed by atoms with Gasteiger partial charge in [0.2, 0.25) is 0 Å². The smallest absolute Gasteiger partial charge is 0.308 e. The van der Waals surface area contributed by atoms with Crippen LogP contribution < -0.4 is 9.47 Å². The molecule has 12 nitrogen and oxygen atoms in total. The van der Waals surface area contributed by atoms with E-state index in [0.29, 0.717) is 13.0 Å². The van der Waals surface area contributed by atoms with Crippen LogP contribution in [0.3, 0.4) is 0 Å². The van der Waals surface area contributed by atoms with Crippen molar-refractivity contribution in [2.45, 2.75) is 196 Å². The average molecular weight is 1130 g/mol. The standard InChI is InChI=1S/C64H108O12Si2/c1-22-26-27-46(6)61(76-78(23-2,24-3)25-4)51(11)60(71-41-53-29-34-55(69-18)35-30-53)49(9)39-45(5)38-48(8)59(74-44-68-17)47(7)28-33-57(73-43-67-16)40-58(75-77(20,21)64(13,14)15)50(10)62(52(12)63(65)66)72-42-54-31-36-56(70-19)37-32-54/h22,26-38,46-52,57-62H,1,23-25,39-44H2,2-21H3,(H,65,66)/b27-26-,33-28-,45-38-/t46-,47-,48-,49-,50-,51-,52+,57+,58-,59-,60+,61-,62-/m0/s1. The first kappa shape index (κ1) is 70.7. The van der Waals surface area contributed by atoms with Crippen LogP contribution in [0.2, 0.25) is 36.3 Å². The highest BCUT2D eigenvalue weighted by atomic mass is 28.4. The van der Waals surface area contributed by atoms with Crippen molar-refractivity contribution in [3.8, 4) is 11.5 Å². The van der Waals surface area contributed by atoms with E-state index in [0.717, 1.165) is 47.2 Å². The minimum atomic E-state index is -2.41. The van der Waals surface area contributed by atoms with Gasteiger partial charge >= 0.3 is 5.97 Å². The minimum absolute atomic E-state index is 0.00246. The summed E-state index contributed by atoms with van der Waals surface area (Å²) in [5.41, 5.74) is 3.25. The van der Waals surface area contributed by atoms with Gasteiger partial charge in [0.05, 0.1) is 70.0 Å². The van der Waals surface area contributed by atoms with E-state index in [-0.39, 0.29) is 79.1 Å². The lowest BCUT2D eigenvalue weighted by Crippen LogP contribution is -2.49. The Hall–Kier alpha value is -3.42. The van der Waals surface area contributed by atoms with Crippen LogP contribution >= 0.6 is 0 Å². The maximum Gasteiger partial charge on any atom is 0.308 e. The van der Waals surface area contributed by atoms with E-state index in [1.54, 1.807) is 35.4 Å². The van der Waals surface area contributed by atoms with Gasteiger partial charge in [0.1, 0.15) is 25.1 Å². The largest absolute Gasteiger partial charge is 0.497 e. The second-order valence-electron chi connectivity index (χ2n) is 23.5. The third kappa shape index (κ3) is 22.8. The second kappa shape index (κ2) is 35.4. The van der Waals surface area contributed by atoms with E-state index < -0.39 is 46.8 Å². The van der Waals surface area contributed by atoms with Crippen molar-refractivity contribution in [1.29, 1.82) is 0 Å². The number of aliphatic carboxylic acids is 1. The lowest BCUT2D eigenvalue weighted by molar-refractivity contribution is -0.152. The van der Waals surface area contributed by atoms with Crippen LogP contribution in [-0.2, 0) is 55.3 Å². The van der Waals surface area contributed by atoms with E-state index in [1.807, 2.05) is 55.5 Å². The Morgan fingerprint density at radius 1 is 0.641 bits per heavy atom. The number of benzene rings is 2. The molecule has 1 N–H and O–H groups in total. The number of carbonyl (C=O) groups is 1. The van der Waals surface area contributed by atoms with Gasteiger partial charge in [0, 0.05) is 44.3 Å². The Morgan fingerprint density at radius 2 is 1.14 bits per heavy atom. The summed E-state index contributed by atoms with van der Waals surface area (Å²) in [7, 11) is 2.15. The fourth-order valence-corrected chi connectivity index (χ4v) is 14.8. The first-order chi connectivity index (χ1) is 36.8. The normalized spacial score (nSPS) is 18.1. The van der Waals surface area contributed by atoms with Crippen LogP contribution in [-0.4, -0.2) is 106 Å². The van der Waals surface area contributed by atoms with Gasteiger partial charge in [-0.05, 0) is 104 Å². The molecule has 0 aliphatic rings. The predicted octanol–water partition coefficient (Wildman–Crippen LogP) is 15.5. The Kier molecular flexibility index (Phi) is 32.1. The van der Waals surface area contributed by atoms with Gasteiger partial charge in [-0.15, -0.1) is 0 Å². The zero-order chi connectivity index (χ0) is 58.8. The third-order valence-corrected chi connectivity index (χ3v) is 25.7. The molecule has 2 rings (SSSR count). The summed E-state index contributed by atoms with van der Waals surface area (Å²) in [6.45, 7) is 40.1. The van der Waals surface area contributed by atoms with Crippen LogP contribution in [0.25, 0.3) is 0 Å². The molecule has 0 amide bonds. The van der Waals surface area contributed by atoms with E-state index >= 15 is 0 Å². The molecule has 2 aromatic rings. The average Bonchev–Trinajstić information content (AvgIpc) is 3.41. The molecule has 78 heavy (non-hydrogen) atoms. The van der Waals surface area contributed by atoms with E-state index in [9.17, 15) is 9.90 Å². The SMILES string of the molecule is C=C/C=C\[C@H](C)[C@H](O[Si](CC)(CC)CC)[C@@H](C)[C@H](OCc1ccc(OC)cc1)[C@@H](C)C/C(C)=C\[C@H](C)[C@@H](OCOC)[C@@H](C)/C=C\[C@H](C[C@H](O[Si](C)(C)C(C)(C)C)[C@H](C)[C@H](OCc1ccc(OC)cc1)[C@@H](C)C(=O)O)OCOC. The van der Waals surface area contributed by atoms with E-state index in [2.05, 4.69) is 139 Å². The van der Waals surface area contributed by atoms with Crippen molar-refractivity contribution in [3.05, 3.63) is 108 Å². The molecule has 14 heteroatoms. The number of hydrogen-bond acceptors (Lipinski definition) is 11. The molecule has 0 aliphatic carbocycles. The summed E-state index contributed by atoms with van der Waals surface area (Å²) in [5.74, 6) is -0.213. The summed E-state index contributed by atoms with van der Waals surface area (Å²) >= 11 is 0. The van der Waals surface area contributed by atoms with Gasteiger partial charge in [-0.25, -0.2) is 0 Å². The first-order valence-electron chi connectivity index (χ1n) is 28.7. The summed E-state index contributed by atoms with van der Waals surface area (Å²) < 4.78 is 63.2. The Labute approximate surface area is 476 Å². The molecule has 0 saturated carbocycles. The summed E-state index contributed by atoms with van der Waals surface area (Å²) in [4.78, 5) is 12.7. The summed E-state index contributed by atoms with van der Waals surface area (Å²) in [5, 5.41) is 10.3. The maximum atomic E-state index is 12.7. The highest BCUT2D eigenvalue weighted by Gasteiger charge is 2.44. The molecule has 13 atom stereocenters. The second-order valence-corrected chi connectivity index (χ2v) is 33.0. The number of allylic oxidation sites excluding steroid dienone is 3. The lowest BCUT2D eigenvalue weighted by atomic mass is 9.81. The molecule has 0 bridgehead atoms. The van der Waals surface area contributed by atoms with Gasteiger partial charge in [0.25, 0.3) is 0 Å². The number of methoxy groups -OCH3 is 4. The van der Waals surface area contributed by atoms with Crippen molar-refractivity contribution in [2.24, 2.45) is 41.4 Å². The van der Waals surface area contributed by atoms with Crippen molar-refractivity contribution in [3.63, 3.8) is 0 Å². The van der Waals surface area contributed by atoms with E-state index in [4.69, 9.17) is 46.7 Å². The van der Waals surface area contributed by atoms with Gasteiger partial charge in [-0.1, -0.05) is 156 Å². The number of hydrogen-bond donors (Lipinski definition) is 1. The molecule has 0 saturated heterocycles. The van der Waals surface area contributed by atoms with Crippen LogP contribution in [0.5, 0.6) is 11.5 Å². The fraction of sp³-hybridized carbons (Fsp3) is 0.672. The van der Waals surface area contributed by atoms with Crippen molar-refractivity contribution >= 4 is 22.6 Å². The first-order valence-corrected chi connectivity index (χ1v) is 34.2. The number of rotatable bonds is 40. The van der Waals surface area contributed by atoms with Gasteiger partial charge < -0.3 is 51.9 Å². The molecule has 0 fully saturated rings. The maximum absolute atomic E-state index is 12.7. The molecule has 444 valence electrons. The highest BCUT2D eigenvalue weighted by molar-refractivity contribution is 6.74. The minimum Gasteiger partial charge on any atom is -0.497 e. The van der Waals surface area contributed by atoms with Gasteiger partial charge in [-0.2, -0.15) is 0 Å². The number of carboxylic acids is 1. The Balaban J connectivity index is 2.59. The topological polar surface area (TPSA) is 130 Å². The fourth-order valence-electron chi connectivity index (χ4n) is 10.4. The molecular formula is C64H108O12Si2. The highest BCUT2D eigenvalue weighted by Crippen LogP contribution is 2.41. The quantitative estimate of drug-likeness (QED) is 0.0295. The molecule has 0 heterocycles. The molecule has 0 aliphatic heterocycles. The zero-order valence-corrected chi connectivity index (χ0v) is 54.1. The van der Waals surface area contributed by atoms with Crippen LogP contribution in [0.15, 0.2) is 97.1 Å². The van der Waals surface area contributed by atoms with Crippen LogP contribution in [0, 0.1) is 41.4 Å². The van der Waals surface area contributed by atoms with Crippen molar-refractivity contribution in [1.82, 2.24) is 0 Å². The third-order valence-electron chi connectivity index (χ3n) is 16.5. The Morgan fingerprint density at radius 3 is 1.60 bits per heavy atom. The molecular weight excluding hydrogens is 1020 g/mol. The lowest BCUT2D eigenvalue weighted by Gasteiger charge is -2.43.